The van der Waals surface area contributed by atoms with Gasteiger partial charge in [0.1, 0.15) is 29.4 Å². The zero-order valence-corrected chi connectivity index (χ0v) is 32.6. The molecule has 1 heterocycles. The van der Waals surface area contributed by atoms with Crippen LogP contribution in [0.15, 0.2) is 34.7 Å². The number of hydrogen-bond donors (Lipinski definition) is 1. The summed E-state index contributed by atoms with van der Waals surface area (Å²) >= 11 is 0. The molecule has 46 heavy (non-hydrogen) atoms. The molecule has 1 aliphatic carbocycles. The molecule has 0 bridgehead atoms. The Labute approximate surface area is 279 Å². The van der Waals surface area contributed by atoms with Crippen LogP contribution in [0.2, 0.25) is 34.8 Å². The van der Waals surface area contributed by atoms with Gasteiger partial charge in [-0.2, -0.15) is 0 Å². The maximum Gasteiger partial charge on any atom is 0.341 e. The van der Waals surface area contributed by atoms with Crippen LogP contribution >= 0.6 is 0 Å². The summed E-state index contributed by atoms with van der Waals surface area (Å²) in [6, 6.07) is 9.49. The first-order valence-electron chi connectivity index (χ1n) is 16.8. The van der Waals surface area contributed by atoms with Gasteiger partial charge >= 0.3 is 5.97 Å². The van der Waals surface area contributed by atoms with Gasteiger partial charge in [-0.1, -0.05) is 74.4 Å². The van der Waals surface area contributed by atoms with Crippen LogP contribution in [0.4, 0.5) is 0 Å². The number of ether oxygens (including phenoxy) is 3. The van der Waals surface area contributed by atoms with Crippen LogP contribution in [0.3, 0.4) is 0 Å². The SMILES string of the molecule is COC(=O)c1cc(CO)oc1[C@@H]1[C@@H](CCOCc2ccc(OC)cc2)[C@@H](O[Si](C)(C)C(C)(C)C)[C@@H]1O[Si](C(C)C)(C(C)C)C(C)C. The minimum atomic E-state index is -2.39. The van der Waals surface area contributed by atoms with Crippen LogP contribution in [0.5, 0.6) is 5.75 Å². The summed E-state index contributed by atoms with van der Waals surface area (Å²) in [6.07, 6.45) is 0.169. The van der Waals surface area contributed by atoms with Crippen molar-refractivity contribution in [2.75, 3.05) is 20.8 Å². The molecule has 0 aliphatic heterocycles. The number of carbonyl (C=O) groups is 1. The van der Waals surface area contributed by atoms with Gasteiger partial charge in [-0.15, -0.1) is 0 Å². The highest BCUT2D eigenvalue weighted by atomic mass is 28.4. The Morgan fingerprint density at radius 1 is 0.935 bits per heavy atom. The Kier molecular flexibility index (Phi) is 13.0. The lowest BCUT2D eigenvalue weighted by Crippen LogP contribution is -2.65. The van der Waals surface area contributed by atoms with E-state index in [1.54, 1.807) is 13.2 Å². The van der Waals surface area contributed by atoms with E-state index < -0.39 is 22.6 Å². The van der Waals surface area contributed by atoms with Crippen LogP contribution in [0.1, 0.15) is 102 Å². The van der Waals surface area contributed by atoms with E-state index in [4.69, 9.17) is 27.5 Å². The number of carbonyl (C=O) groups excluding carboxylic acids is 1. The molecule has 0 amide bonds. The number of furan rings is 1. The lowest BCUT2D eigenvalue weighted by atomic mass is 9.65. The van der Waals surface area contributed by atoms with Crippen LogP contribution < -0.4 is 4.74 Å². The van der Waals surface area contributed by atoms with Gasteiger partial charge < -0.3 is 32.6 Å². The normalized spacial score (nSPS) is 20.8. The molecule has 1 fully saturated rings. The summed E-state index contributed by atoms with van der Waals surface area (Å²) in [6.45, 7) is 25.7. The van der Waals surface area contributed by atoms with E-state index >= 15 is 0 Å². The lowest BCUT2D eigenvalue weighted by molar-refractivity contribution is -0.122. The summed E-state index contributed by atoms with van der Waals surface area (Å²) in [5.41, 5.74) is 2.48. The number of rotatable bonds is 16. The Morgan fingerprint density at radius 2 is 1.52 bits per heavy atom. The van der Waals surface area contributed by atoms with E-state index in [9.17, 15) is 9.90 Å². The fourth-order valence-electron chi connectivity index (χ4n) is 7.08. The fraction of sp³-hybridized carbons (Fsp3) is 0.694. The van der Waals surface area contributed by atoms with E-state index in [1.807, 2.05) is 24.3 Å². The molecule has 0 radical (unpaired) electrons. The molecule has 1 aromatic heterocycles. The van der Waals surface area contributed by atoms with Gasteiger partial charge in [0.25, 0.3) is 0 Å². The largest absolute Gasteiger partial charge is 0.497 e. The van der Waals surface area contributed by atoms with E-state index in [-0.39, 0.29) is 35.7 Å². The third kappa shape index (κ3) is 8.01. The molecule has 3 rings (SSSR count). The molecule has 260 valence electrons. The van der Waals surface area contributed by atoms with E-state index in [2.05, 4.69) is 75.4 Å². The molecule has 1 N–H and O–H groups in total. The molecule has 10 heteroatoms. The van der Waals surface area contributed by atoms with E-state index in [1.165, 1.54) is 7.11 Å². The van der Waals surface area contributed by atoms with Gasteiger partial charge in [-0.05, 0) is 64.9 Å². The predicted molar refractivity (Wildman–Crippen MR) is 187 cm³/mol. The Balaban J connectivity index is 2.08. The van der Waals surface area contributed by atoms with E-state index in [0.717, 1.165) is 11.3 Å². The predicted octanol–water partition coefficient (Wildman–Crippen LogP) is 8.84. The summed E-state index contributed by atoms with van der Waals surface area (Å²) in [5, 5.41) is 10.0. The molecule has 1 aromatic carbocycles. The number of benzene rings is 1. The topological polar surface area (TPSA) is 96.6 Å². The second kappa shape index (κ2) is 15.5. The zero-order chi connectivity index (χ0) is 34.6. The lowest BCUT2D eigenvalue weighted by Gasteiger charge is -2.58. The molecule has 1 aliphatic rings. The summed E-state index contributed by atoms with van der Waals surface area (Å²) in [4.78, 5) is 13.1. The second-order valence-corrected chi connectivity index (χ2v) is 25.4. The number of methoxy groups -OCH3 is 2. The Hall–Kier alpha value is -1.96. The third-order valence-corrected chi connectivity index (χ3v) is 21.1. The number of esters is 1. The highest BCUT2D eigenvalue weighted by Crippen LogP contribution is 2.56. The molecular formula is C36H60O8Si2. The third-order valence-electron chi connectivity index (χ3n) is 10.5. The van der Waals surface area contributed by atoms with Crippen LogP contribution in [-0.2, 0) is 31.5 Å². The van der Waals surface area contributed by atoms with Gasteiger partial charge in [0.2, 0.25) is 8.32 Å². The van der Waals surface area contributed by atoms with Crippen molar-refractivity contribution < 1.29 is 37.4 Å². The van der Waals surface area contributed by atoms with Crippen molar-refractivity contribution in [3.05, 3.63) is 53.0 Å². The molecule has 0 saturated heterocycles. The van der Waals surface area contributed by atoms with Crippen LogP contribution in [0.25, 0.3) is 0 Å². The summed E-state index contributed by atoms with van der Waals surface area (Å²) < 4.78 is 37.8. The highest BCUT2D eigenvalue weighted by Gasteiger charge is 2.61. The minimum Gasteiger partial charge on any atom is -0.497 e. The Bertz CT molecular complexity index is 1240. The number of aliphatic hydroxyl groups is 1. The van der Waals surface area contributed by atoms with Gasteiger partial charge in [0.15, 0.2) is 8.32 Å². The van der Waals surface area contributed by atoms with Crippen molar-refractivity contribution in [3.63, 3.8) is 0 Å². The zero-order valence-electron chi connectivity index (χ0n) is 30.6. The van der Waals surface area contributed by atoms with Gasteiger partial charge in [0.05, 0.1) is 39.0 Å². The first kappa shape index (κ1) is 38.5. The average Bonchev–Trinajstić information content (AvgIpc) is 3.41. The number of aliphatic hydroxyl groups excluding tert-OH is 1. The van der Waals surface area contributed by atoms with Crippen LogP contribution in [-0.4, -0.2) is 60.7 Å². The van der Waals surface area contributed by atoms with E-state index in [0.29, 0.717) is 53.3 Å². The van der Waals surface area contributed by atoms with Crippen molar-refractivity contribution in [2.24, 2.45) is 5.92 Å². The summed E-state index contributed by atoms with van der Waals surface area (Å²) in [5.74, 6) is 0.864. The van der Waals surface area contributed by atoms with Crippen molar-refractivity contribution in [3.8, 4) is 5.75 Å². The first-order valence-corrected chi connectivity index (χ1v) is 21.9. The molecular weight excluding hydrogens is 617 g/mol. The first-order chi connectivity index (χ1) is 21.4. The van der Waals surface area contributed by atoms with Gasteiger partial charge in [-0.3, -0.25) is 0 Å². The van der Waals surface area contributed by atoms with Gasteiger partial charge in [0, 0.05) is 12.5 Å². The Morgan fingerprint density at radius 3 is 2.00 bits per heavy atom. The standard InChI is InChI=1S/C36H60O8Si2/c1-23(2)46(24(3)4,25(5)6)44-34-31(32-30(35(38)40-11)20-28(21-37)42-32)29(33(34)43-45(12,13)36(7,8)9)18-19-41-22-26-14-16-27(39-10)17-15-26/h14-17,20,23-25,29,31,33-34,37H,18-19,21-22H2,1-13H3/t29-,31+,33-,34-/m1/s1. The molecule has 8 nitrogen and oxygen atoms in total. The highest BCUT2D eigenvalue weighted by molar-refractivity contribution is 6.77. The van der Waals surface area contributed by atoms with Crippen LogP contribution in [0, 0.1) is 5.92 Å². The number of hydrogen-bond acceptors (Lipinski definition) is 8. The van der Waals surface area contributed by atoms with Crippen molar-refractivity contribution in [1.29, 1.82) is 0 Å². The maximum absolute atomic E-state index is 13.1. The molecule has 0 spiro atoms. The minimum absolute atomic E-state index is 0.00731. The van der Waals surface area contributed by atoms with Crippen molar-refractivity contribution >= 4 is 22.6 Å². The van der Waals surface area contributed by atoms with Crippen molar-refractivity contribution in [1.82, 2.24) is 0 Å². The smallest absolute Gasteiger partial charge is 0.341 e. The molecule has 0 unspecified atom stereocenters. The van der Waals surface area contributed by atoms with Gasteiger partial charge in [-0.25, -0.2) is 4.79 Å². The molecule has 4 atom stereocenters. The second-order valence-electron chi connectivity index (χ2n) is 15.3. The molecule has 1 saturated carbocycles. The monoisotopic (exact) mass is 676 g/mol. The molecule has 2 aromatic rings. The van der Waals surface area contributed by atoms with Crippen molar-refractivity contribution in [2.45, 2.75) is 135 Å². The summed E-state index contributed by atoms with van der Waals surface area (Å²) in [7, 11) is -1.60. The fourth-order valence-corrected chi connectivity index (χ4v) is 14.0. The maximum atomic E-state index is 13.1. The average molecular weight is 677 g/mol. The quantitative estimate of drug-likeness (QED) is 0.107.